The number of fused-ring (bicyclic) bond motifs is 1. The zero-order valence-corrected chi connectivity index (χ0v) is 11.6. The third kappa shape index (κ3) is 2.14. The highest BCUT2D eigenvalue weighted by Crippen LogP contribution is 2.25. The number of carbonyl (C=O) groups is 1. The molecule has 6 heteroatoms. The Morgan fingerprint density at radius 3 is 2.74 bits per heavy atom. The van der Waals surface area contributed by atoms with Crippen LogP contribution in [-0.4, -0.2) is 37.8 Å². The molecule has 0 atom stereocenters. The highest BCUT2D eigenvalue weighted by Gasteiger charge is 2.35. The van der Waals surface area contributed by atoms with E-state index in [-0.39, 0.29) is 0 Å². The third-order valence-corrected chi connectivity index (χ3v) is 3.30. The van der Waals surface area contributed by atoms with Crippen LogP contribution in [0.1, 0.15) is 26.3 Å². The van der Waals surface area contributed by atoms with Gasteiger partial charge >= 0.3 is 5.97 Å². The average Bonchev–Trinajstić information content (AvgIpc) is 2.77. The van der Waals surface area contributed by atoms with Gasteiger partial charge in [-0.05, 0) is 45.4 Å². The van der Waals surface area contributed by atoms with E-state index >= 15 is 0 Å². The van der Waals surface area contributed by atoms with Crippen LogP contribution in [0.2, 0.25) is 0 Å². The van der Waals surface area contributed by atoms with Crippen LogP contribution in [0.15, 0.2) is 18.5 Å². The van der Waals surface area contributed by atoms with Crippen LogP contribution in [0.3, 0.4) is 0 Å². The average molecular weight is 262 g/mol. The van der Waals surface area contributed by atoms with Gasteiger partial charge in [-0.3, -0.25) is 0 Å². The maximum atomic E-state index is 11.5. The Balaban J connectivity index is 2.64. The number of pyridine rings is 1. The van der Waals surface area contributed by atoms with E-state index in [1.807, 2.05) is 30.9 Å². The lowest BCUT2D eigenvalue weighted by Crippen LogP contribution is -2.51. The molecule has 2 rings (SSSR count). The van der Waals surface area contributed by atoms with Crippen LogP contribution in [-0.2, 0) is 4.79 Å². The van der Waals surface area contributed by atoms with Crippen molar-refractivity contribution in [3.8, 4) is 0 Å². The molecule has 102 valence electrons. The smallest absolute Gasteiger partial charge is 0.328 e. The number of nitrogens with zero attached hydrogens (tertiary/aromatic N) is 4. The first-order valence-electron chi connectivity index (χ1n) is 6.19. The summed E-state index contributed by atoms with van der Waals surface area (Å²) in [6.45, 7) is 7.82. The number of likely N-dealkylation sites (N-methyl/N-ethyl adjacent to an activating group) is 1. The van der Waals surface area contributed by atoms with E-state index in [2.05, 4.69) is 10.1 Å². The zero-order chi connectivity index (χ0) is 14.2. The molecule has 0 amide bonds. The van der Waals surface area contributed by atoms with Crippen molar-refractivity contribution in [3.05, 3.63) is 24.0 Å². The molecule has 0 aliphatic carbocycles. The Bertz CT molecular complexity index is 618. The minimum Gasteiger partial charge on any atom is -0.480 e. The Labute approximate surface area is 111 Å². The number of carboxylic acids is 1. The number of rotatable bonds is 4. The van der Waals surface area contributed by atoms with Crippen molar-refractivity contribution in [1.82, 2.24) is 14.6 Å². The van der Waals surface area contributed by atoms with Crippen molar-refractivity contribution in [1.29, 1.82) is 0 Å². The Hall–Kier alpha value is -2.11. The lowest BCUT2D eigenvalue weighted by Gasteiger charge is -2.36. The number of anilines is 1. The predicted molar refractivity (Wildman–Crippen MR) is 72.5 cm³/mol. The van der Waals surface area contributed by atoms with Gasteiger partial charge in [0.2, 0.25) is 0 Å². The Morgan fingerprint density at radius 1 is 1.47 bits per heavy atom. The second-order valence-electron chi connectivity index (χ2n) is 5.03. The molecule has 6 nitrogen and oxygen atoms in total. The van der Waals surface area contributed by atoms with Gasteiger partial charge in [-0.1, -0.05) is 0 Å². The largest absolute Gasteiger partial charge is 0.480 e. The van der Waals surface area contributed by atoms with E-state index in [9.17, 15) is 9.90 Å². The van der Waals surface area contributed by atoms with Crippen molar-refractivity contribution >= 4 is 17.4 Å². The summed E-state index contributed by atoms with van der Waals surface area (Å²) in [6.07, 6.45) is 1.47. The molecule has 1 N–H and O–H groups in total. The minimum absolute atomic E-state index is 0.567. The number of carboxylic acid groups (broad SMARTS) is 1. The van der Waals surface area contributed by atoms with Gasteiger partial charge in [0.15, 0.2) is 5.65 Å². The quantitative estimate of drug-likeness (QED) is 0.908. The predicted octanol–water partition coefficient (Wildman–Crippen LogP) is 1.73. The van der Waals surface area contributed by atoms with Gasteiger partial charge in [0.1, 0.15) is 17.7 Å². The normalized spacial score (nSPS) is 11.8. The molecule has 0 bridgehead atoms. The summed E-state index contributed by atoms with van der Waals surface area (Å²) in [5.74, 6) is -0.133. The van der Waals surface area contributed by atoms with Gasteiger partial charge in [-0.15, -0.1) is 0 Å². The molecule has 0 spiro atoms. The summed E-state index contributed by atoms with van der Waals surface area (Å²) in [5.41, 5.74) is 0.728. The maximum absolute atomic E-state index is 11.5. The molecule has 0 aliphatic rings. The van der Waals surface area contributed by atoms with Gasteiger partial charge in [0.25, 0.3) is 0 Å². The second kappa shape index (κ2) is 4.53. The summed E-state index contributed by atoms with van der Waals surface area (Å²) in [7, 11) is 0. The molecule has 0 saturated heterocycles. The standard InChI is InChI=1S/C13H18N4O2/c1-5-16(13(3,4)12(18)19)11-7-9(2)6-10-14-8-15-17(10)11/h6-8H,5H2,1-4H3,(H,18,19). The maximum Gasteiger partial charge on any atom is 0.328 e. The number of hydrogen-bond acceptors (Lipinski definition) is 4. The number of aromatic nitrogens is 3. The van der Waals surface area contributed by atoms with Gasteiger partial charge in [-0.2, -0.15) is 9.61 Å². The summed E-state index contributed by atoms with van der Waals surface area (Å²) < 4.78 is 1.67. The second-order valence-corrected chi connectivity index (χ2v) is 5.03. The molecule has 0 unspecified atom stereocenters. The van der Waals surface area contributed by atoms with E-state index in [1.54, 1.807) is 18.4 Å². The number of hydrogen-bond donors (Lipinski definition) is 1. The first-order valence-corrected chi connectivity index (χ1v) is 6.19. The van der Waals surface area contributed by atoms with Crippen molar-refractivity contribution in [2.75, 3.05) is 11.4 Å². The van der Waals surface area contributed by atoms with Crippen LogP contribution in [0.25, 0.3) is 5.65 Å². The van der Waals surface area contributed by atoms with Gasteiger partial charge < -0.3 is 10.0 Å². The summed E-state index contributed by atoms with van der Waals surface area (Å²) >= 11 is 0. The van der Waals surface area contributed by atoms with Gasteiger partial charge in [0, 0.05) is 6.54 Å². The van der Waals surface area contributed by atoms with E-state index in [0.29, 0.717) is 6.54 Å². The zero-order valence-electron chi connectivity index (χ0n) is 11.6. The van der Waals surface area contributed by atoms with Crippen molar-refractivity contribution < 1.29 is 9.90 Å². The molecule has 19 heavy (non-hydrogen) atoms. The topological polar surface area (TPSA) is 70.7 Å². The number of aliphatic carboxylic acids is 1. The van der Waals surface area contributed by atoms with Crippen LogP contribution in [0.5, 0.6) is 0 Å². The molecule has 2 heterocycles. The summed E-state index contributed by atoms with van der Waals surface area (Å²) in [5, 5.41) is 13.6. The van der Waals surface area contributed by atoms with E-state index < -0.39 is 11.5 Å². The summed E-state index contributed by atoms with van der Waals surface area (Å²) in [6, 6.07) is 3.84. The van der Waals surface area contributed by atoms with Gasteiger partial charge in [-0.25, -0.2) is 9.78 Å². The third-order valence-electron chi connectivity index (χ3n) is 3.30. The highest BCUT2D eigenvalue weighted by atomic mass is 16.4. The summed E-state index contributed by atoms with van der Waals surface area (Å²) in [4.78, 5) is 17.4. The Kier molecular flexibility index (Phi) is 3.18. The van der Waals surface area contributed by atoms with Crippen LogP contribution in [0.4, 0.5) is 5.82 Å². The Morgan fingerprint density at radius 2 is 2.16 bits per heavy atom. The number of aryl methyl sites for hydroxylation is 1. The van der Waals surface area contributed by atoms with E-state index in [4.69, 9.17) is 0 Å². The minimum atomic E-state index is -1.01. The fraction of sp³-hybridized carbons (Fsp3) is 0.462. The van der Waals surface area contributed by atoms with E-state index in [0.717, 1.165) is 17.0 Å². The van der Waals surface area contributed by atoms with E-state index in [1.165, 1.54) is 6.33 Å². The first kappa shape index (κ1) is 13.3. The molecule has 2 aromatic heterocycles. The molecule has 0 aromatic carbocycles. The molecular weight excluding hydrogens is 244 g/mol. The SMILES string of the molecule is CCN(c1cc(C)cc2ncnn12)C(C)(C)C(=O)O. The van der Waals surface area contributed by atoms with Crippen molar-refractivity contribution in [2.24, 2.45) is 0 Å². The molecule has 0 saturated carbocycles. The first-order chi connectivity index (χ1) is 8.87. The van der Waals surface area contributed by atoms with Crippen molar-refractivity contribution in [2.45, 2.75) is 33.2 Å². The monoisotopic (exact) mass is 262 g/mol. The molecule has 0 fully saturated rings. The molecule has 0 aliphatic heterocycles. The molecule has 2 aromatic rings. The van der Waals surface area contributed by atoms with Crippen LogP contribution >= 0.6 is 0 Å². The fourth-order valence-electron chi connectivity index (χ4n) is 2.19. The highest BCUT2D eigenvalue weighted by molar-refractivity contribution is 5.82. The molecule has 0 radical (unpaired) electrons. The molecular formula is C13H18N4O2. The lowest BCUT2D eigenvalue weighted by atomic mass is 10.0. The lowest BCUT2D eigenvalue weighted by molar-refractivity contribution is -0.142. The van der Waals surface area contributed by atoms with Crippen LogP contribution < -0.4 is 4.90 Å². The van der Waals surface area contributed by atoms with Crippen molar-refractivity contribution in [3.63, 3.8) is 0 Å². The van der Waals surface area contributed by atoms with Gasteiger partial charge in [0.05, 0.1) is 0 Å². The van der Waals surface area contributed by atoms with Crippen LogP contribution in [0, 0.1) is 6.92 Å². The fourth-order valence-corrected chi connectivity index (χ4v) is 2.19.